The van der Waals surface area contributed by atoms with E-state index in [1.54, 1.807) is 31.2 Å². The number of esters is 2. The van der Waals surface area contributed by atoms with Gasteiger partial charge in [-0.2, -0.15) is 0 Å². The average Bonchev–Trinajstić information content (AvgIpc) is 3.74. The lowest BCUT2D eigenvalue weighted by Crippen LogP contribution is -2.64. The smallest absolute Gasteiger partial charge is 0.310 e. The van der Waals surface area contributed by atoms with Gasteiger partial charge in [0.2, 0.25) is 12.5 Å². The highest BCUT2D eigenvalue weighted by molar-refractivity contribution is 5.79. The van der Waals surface area contributed by atoms with Crippen molar-refractivity contribution in [1.29, 1.82) is 0 Å². The lowest BCUT2D eigenvalue weighted by molar-refractivity contribution is -0.365. The molecular formula is C35H40O16. The Morgan fingerprint density at radius 2 is 1.61 bits per heavy atom. The van der Waals surface area contributed by atoms with Crippen molar-refractivity contribution >= 4 is 17.9 Å². The van der Waals surface area contributed by atoms with Crippen molar-refractivity contribution in [2.45, 2.75) is 75.2 Å². The van der Waals surface area contributed by atoms with Crippen molar-refractivity contribution in [1.82, 2.24) is 0 Å². The first kappa shape index (κ1) is 35.1. The molecule has 2 aromatic rings. The van der Waals surface area contributed by atoms with E-state index in [0.29, 0.717) is 45.4 Å². The minimum atomic E-state index is -1.40. The Balaban J connectivity index is 1.29. The quantitative estimate of drug-likeness (QED) is 0.322. The van der Waals surface area contributed by atoms with Gasteiger partial charge in [-0.1, -0.05) is 0 Å². The molecule has 4 aliphatic heterocycles. The molecule has 0 bridgehead atoms. The summed E-state index contributed by atoms with van der Waals surface area (Å²) in [5.74, 6) is -2.08. The third kappa shape index (κ3) is 6.50. The van der Waals surface area contributed by atoms with Gasteiger partial charge in [0.15, 0.2) is 41.7 Å². The zero-order chi connectivity index (χ0) is 36.0. The molecule has 2 N–H and O–H groups in total. The van der Waals surface area contributed by atoms with Gasteiger partial charge in [0, 0.05) is 24.7 Å². The number of carboxylic acids is 1. The van der Waals surface area contributed by atoms with Crippen LogP contribution in [0.15, 0.2) is 24.3 Å². The molecule has 4 heterocycles. The monoisotopic (exact) mass is 716 g/mol. The molecule has 51 heavy (non-hydrogen) atoms. The molecule has 16 nitrogen and oxygen atoms in total. The number of carbonyl (C=O) groups is 3. The molecular weight excluding hydrogens is 676 g/mol. The molecule has 2 aromatic carbocycles. The summed E-state index contributed by atoms with van der Waals surface area (Å²) in [6, 6.07) is 7.17. The average molecular weight is 717 g/mol. The van der Waals surface area contributed by atoms with Gasteiger partial charge in [-0.15, -0.1) is 0 Å². The van der Waals surface area contributed by atoms with Crippen LogP contribution in [0.3, 0.4) is 0 Å². The zero-order valence-electron chi connectivity index (χ0n) is 28.4. The summed E-state index contributed by atoms with van der Waals surface area (Å²) in [5.41, 5.74) is 1.99. The molecule has 0 aromatic heterocycles. The maximum absolute atomic E-state index is 13.7. The van der Waals surface area contributed by atoms with Crippen molar-refractivity contribution in [2.75, 3.05) is 41.3 Å². The number of hydrogen-bond acceptors (Lipinski definition) is 15. The van der Waals surface area contributed by atoms with Gasteiger partial charge < -0.3 is 62.3 Å². The Morgan fingerprint density at radius 1 is 0.902 bits per heavy atom. The normalized spacial score (nSPS) is 31.8. The summed E-state index contributed by atoms with van der Waals surface area (Å²) in [6.07, 6.45) is -7.79. The topological polar surface area (TPSA) is 193 Å². The summed E-state index contributed by atoms with van der Waals surface area (Å²) in [4.78, 5) is 37.7. The van der Waals surface area contributed by atoms with Crippen LogP contribution in [0.1, 0.15) is 54.9 Å². The number of aliphatic carboxylic acids is 1. The van der Waals surface area contributed by atoms with Crippen LogP contribution in [0, 0.1) is 11.8 Å². The van der Waals surface area contributed by atoms with E-state index in [1.807, 2.05) is 0 Å². The summed E-state index contributed by atoms with van der Waals surface area (Å²) >= 11 is 0. The van der Waals surface area contributed by atoms with E-state index in [-0.39, 0.29) is 39.3 Å². The zero-order valence-corrected chi connectivity index (χ0v) is 28.4. The Labute approximate surface area is 292 Å². The largest absolute Gasteiger partial charge is 0.493 e. The van der Waals surface area contributed by atoms with E-state index >= 15 is 0 Å². The molecule has 3 saturated heterocycles. The van der Waals surface area contributed by atoms with Crippen LogP contribution < -0.4 is 23.7 Å². The Morgan fingerprint density at radius 3 is 2.27 bits per heavy atom. The van der Waals surface area contributed by atoms with Gasteiger partial charge in [0.25, 0.3) is 0 Å². The second-order valence-corrected chi connectivity index (χ2v) is 12.9. The number of benzene rings is 2. The predicted octanol–water partition coefficient (Wildman–Crippen LogP) is 2.45. The van der Waals surface area contributed by atoms with E-state index in [0.717, 1.165) is 0 Å². The van der Waals surface area contributed by atoms with E-state index in [2.05, 4.69) is 0 Å². The van der Waals surface area contributed by atoms with Crippen molar-refractivity contribution in [2.24, 2.45) is 11.8 Å². The number of hydrogen-bond donors (Lipinski definition) is 2. The molecule has 0 spiro atoms. The van der Waals surface area contributed by atoms with Crippen LogP contribution in [0.25, 0.3) is 0 Å². The van der Waals surface area contributed by atoms with Gasteiger partial charge in [-0.3, -0.25) is 14.4 Å². The fourth-order valence-electron chi connectivity index (χ4n) is 7.63. The second kappa shape index (κ2) is 14.3. The van der Waals surface area contributed by atoms with Gasteiger partial charge in [-0.25, -0.2) is 0 Å². The lowest BCUT2D eigenvalue weighted by Gasteiger charge is -2.48. The van der Waals surface area contributed by atoms with E-state index < -0.39 is 78.8 Å². The Bertz CT molecular complexity index is 1640. The fourth-order valence-corrected chi connectivity index (χ4v) is 7.63. The second-order valence-electron chi connectivity index (χ2n) is 12.9. The third-order valence-corrected chi connectivity index (χ3v) is 9.95. The highest BCUT2D eigenvalue weighted by atomic mass is 16.8. The first-order valence-electron chi connectivity index (χ1n) is 16.7. The molecule has 5 aliphatic rings. The van der Waals surface area contributed by atoms with Crippen LogP contribution in [0.5, 0.6) is 28.7 Å². The Hall–Kier alpha value is -4.35. The number of ether oxygens (including phenoxy) is 11. The van der Waals surface area contributed by atoms with Gasteiger partial charge in [0.1, 0.15) is 18.3 Å². The summed E-state index contributed by atoms with van der Waals surface area (Å²) in [5, 5.41) is 20.6. The number of aliphatic hydroxyl groups is 1. The summed E-state index contributed by atoms with van der Waals surface area (Å²) < 4.78 is 64.3. The third-order valence-electron chi connectivity index (χ3n) is 9.95. The van der Waals surface area contributed by atoms with Crippen LogP contribution in [0.4, 0.5) is 0 Å². The lowest BCUT2D eigenvalue weighted by atomic mass is 9.66. The van der Waals surface area contributed by atoms with Crippen molar-refractivity contribution in [3.8, 4) is 28.7 Å². The van der Waals surface area contributed by atoms with Crippen LogP contribution >= 0.6 is 0 Å². The number of carboxylic acid groups (broad SMARTS) is 1. The number of aliphatic hydroxyl groups excluding tert-OH is 1. The molecule has 276 valence electrons. The first-order chi connectivity index (χ1) is 24.6. The molecule has 1 aliphatic carbocycles. The van der Waals surface area contributed by atoms with E-state index in [1.165, 1.54) is 21.3 Å². The maximum Gasteiger partial charge on any atom is 0.310 e. The molecule has 0 radical (unpaired) electrons. The minimum Gasteiger partial charge on any atom is -0.493 e. The number of cyclic esters (lactones) is 1. The fraction of sp³-hybridized carbons (Fsp3) is 0.571. The minimum absolute atomic E-state index is 0.00627. The SMILES string of the molecule is COc1cc([C@@H]2c3cc4c(cc3[C@@H](OC3OC5COC(C)OC5C(O)C3OC(=O)CCCC(=O)O)[C@H]3COC(=O)[C@H]23)OCO4)cc(OC)c1OC. The first-order valence-corrected chi connectivity index (χ1v) is 16.7. The molecule has 7 rings (SSSR count). The number of methoxy groups -OCH3 is 3. The van der Waals surface area contributed by atoms with Crippen LogP contribution in [-0.2, 0) is 42.8 Å². The maximum atomic E-state index is 13.7. The van der Waals surface area contributed by atoms with Crippen molar-refractivity contribution in [3.05, 3.63) is 41.0 Å². The number of carbonyl (C=O) groups excluding carboxylic acids is 2. The standard InChI is InChI=1S/C35H40O16/c1-15-44-13-24-32(48-15)29(39)33(50-26(38)7-5-6-25(36)37)35(49-24)51-30-18-11-21-20(46-14-47-21)10-17(18)27(28-19(30)12-45-34(28)40)16-8-22(41-2)31(43-4)23(9-16)42-3/h8-11,15,19,24,27-30,32-33,35,39H,5-7,12-14H2,1-4H3,(H,36,37)/t15?,19-,24?,27+,28-,29?,30+,32?,33?,35?/m0/s1. The highest BCUT2D eigenvalue weighted by Crippen LogP contribution is 2.57. The van der Waals surface area contributed by atoms with Gasteiger partial charge >= 0.3 is 17.9 Å². The van der Waals surface area contributed by atoms with Gasteiger partial charge in [0.05, 0.1) is 46.6 Å². The number of rotatable bonds is 11. The number of fused-ring (bicyclic) bond motifs is 4. The molecule has 10 atom stereocenters. The van der Waals surface area contributed by atoms with E-state index in [9.17, 15) is 19.5 Å². The van der Waals surface area contributed by atoms with Crippen LogP contribution in [0.2, 0.25) is 0 Å². The van der Waals surface area contributed by atoms with E-state index in [4.69, 9.17) is 57.2 Å². The van der Waals surface area contributed by atoms with Crippen molar-refractivity contribution < 1.29 is 76.7 Å². The molecule has 0 saturated carbocycles. The predicted molar refractivity (Wildman–Crippen MR) is 169 cm³/mol. The summed E-state index contributed by atoms with van der Waals surface area (Å²) in [6.45, 7) is 1.72. The molecule has 16 heteroatoms. The Kier molecular flexibility index (Phi) is 9.86. The molecule has 0 amide bonds. The van der Waals surface area contributed by atoms with Crippen molar-refractivity contribution in [3.63, 3.8) is 0 Å². The highest BCUT2D eigenvalue weighted by Gasteiger charge is 2.57. The molecule has 6 unspecified atom stereocenters. The molecule has 3 fully saturated rings. The summed E-state index contributed by atoms with van der Waals surface area (Å²) in [7, 11) is 4.51. The van der Waals surface area contributed by atoms with Crippen LogP contribution in [-0.4, -0.2) is 106 Å². The van der Waals surface area contributed by atoms with Gasteiger partial charge in [-0.05, 0) is 54.3 Å².